The monoisotopic (exact) mass is 396 g/mol. The van der Waals surface area contributed by atoms with E-state index in [1.807, 2.05) is 78.5 Å². The molecule has 0 aliphatic carbocycles. The highest BCUT2D eigenvalue weighted by Gasteiger charge is 2.39. The number of hydrogen-bond donors (Lipinski definition) is 0. The number of rotatable bonds is 7. The van der Waals surface area contributed by atoms with Crippen LogP contribution in [-0.4, -0.2) is 22.4 Å². The molecule has 0 aliphatic heterocycles. The Labute approximate surface area is 176 Å². The van der Waals surface area contributed by atoms with E-state index in [-0.39, 0.29) is 12.4 Å². The van der Waals surface area contributed by atoms with Crippen molar-refractivity contribution in [3.05, 3.63) is 126 Å². The third-order valence-corrected chi connectivity index (χ3v) is 5.19. The second kappa shape index (κ2) is 8.78. The van der Waals surface area contributed by atoms with Crippen molar-refractivity contribution in [3.8, 4) is 0 Å². The summed E-state index contributed by atoms with van der Waals surface area (Å²) >= 11 is 0. The number of nitrogens with zero attached hydrogens (tertiary/aromatic N) is 2. The van der Waals surface area contributed by atoms with E-state index in [0.29, 0.717) is 12.3 Å². The molecule has 30 heavy (non-hydrogen) atoms. The summed E-state index contributed by atoms with van der Waals surface area (Å²) in [5, 5.41) is 4.85. The molecule has 0 aliphatic rings. The van der Waals surface area contributed by atoms with Gasteiger partial charge in [0.1, 0.15) is 5.54 Å². The minimum Gasteiger partial charge on any atom is -0.466 e. The molecular weight excluding hydrogens is 372 g/mol. The van der Waals surface area contributed by atoms with Gasteiger partial charge in [-0.05, 0) is 29.7 Å². The van der Waals surface area contributed by atoms with Crippen LogP contribution in [0.1, 0.15) is 29.3 Å². The summed E-state index contributed by atoms with van der Waals surface area (Å²) in [6.07, 6.45) is 2.09. The maximum atomic E-state index is 12.0. The zero-order valence-electron chi connectivity index (χ0n) is 16.9. The Morgan fingerprint density at radius 1 is 0.800 bits per heavy atom. The molecule has 0 amide bonds. The lowest BCUT2D eigenvalue weighted by Crippen LogP contribution is -2.38. The predicted molar refractivity (Wildman–Crippen MR) is 117 cm³/mol. The van der Waals surface area contributed by atoms with Crippen LogP contribution in [0.3, 0.4) is 0 Å². The number of benzene rings is 3. The molecule has 3 aromatic carbocycles. The van der Waals surface area contributed by atoms with E-state index in [0.717, 1.165) is 16.7 Å². The first-order chi connectivity index (χ1) is 14.7. The Balaban J connectivity index is 1.95. The minimum absolute atomic E-state index is 0.148. The highest BCUT2D eigenvalue weighted by atomic mass is 16.5. The largest absolute Gasteiger partial charge is 0.466 e. The van der Waals surface area contributed by atoms with Crippen LogP contribution in [-0.2, 0) is 21.5 Å². The molecule has 4 heteroatoms. The van der Waals surface area contributed by atoms with Crippen molar-refractivity contribution in [2.75, 3.05) is 6.61 Å². The van der Waals surface area contributed by atoms with Crippen molar-refractivity contribution in [2.24, 2.45) is 0 Å². The van der Waals surface area contributed by atoms with E-state index < -0.39 is 5.54 Å². The summed E-state index contributed by atoms with van der Waals surface area (Å²) < 4.78 is 7.07. The fraction of sp³-hybridized carbons (Fsp3) is 0.154. The summed E-state index contributed by atoms with van der Waals surface area (Å²) in [6.45, 7) is 2.17. The molecule has 0 radical (unpaired) electrons. The Hall–Kier alpha value is -3.66. The molecule has 0 fully saturated rings. The van der Waals surface area contributed by atoms with Gasteiger partial charge >= 0.3 is 5.97 Å². The van der Waals surface area contributed by atoms with E-state index in [9.17, 15) is 4.79 Å². The van der Waals surface area contributed by atoms with Crippen LogP contribution < -0.4 is 0 Å². The molecule has 0 spiro atoms. The molecule has 1 aromatic heterocycles. The van der Waals surface area contributed by atoms with Crippen LogP contribution >= 0.6 is 0 Å². The zero-order valence-corrected chi connectivity index (χ0v) is 16.9. The van der Waals surface area contributed by atoms with Crippen LogP contribution in [0, 0.1) is 0 Å². The van der Waals surface area contributed by atoms with Gasteiger partial charge in [0.25, 0.3) is 0 Å². The topological polar surface area (TPSA) is 44.1 Å². The standard InChI is InChI=1S/C26H24N2O2/c1-2-30-25(29)20-24-18-19-28(27-24)26(21-12-6-3-7-13-21,22-14-8-4-9-15-22)23-16-10-5-11-17-23/h3-19H,2,20H2,1H3. The highest BCUT2D eigenvalue weighted by molar-refractivity contribution is 5.71. The molecule has 150 valence electrons. The first kappa shape index (κ1) is 19.6. The first-order valence-electron chi connectivity index (χ1n) is 10.1. The van der Waals surface area contributed by atoms with Gasteiger partial charge in [-0.3, -0.25) is 9.48 Å². The average Bonchev–Trinajstić information content (AvgIpc) is 3.25. The number of carbonyl (C=O) groups excluding carboxylic acids is 1. The van der Waals surface area contributed by atoms with Crippen molar-refractivity contribution >= 4 is 5.97 Å². The maximum absolute atomic E-state index is 12.0. The van der Waals surface area contributed by atoms with Gasteiger partial charge in [-0.2, -0.15) is 5.10 Å². The molecule has 0 saturated carbocycles. The Morgan fingerprint density at radius 2 is 1.27 bits per heavy atom. The van der Waals surface area contributed by atoms with E-state index >= 15 is 0 Å². The number of aromatic nitrogens is 2. The Bertz CT molecular complexity index is 993. The third-order valence-electron chi connectivity index (χ3n) is 5.19. The second-order valence-corrected chi connectivity index (χ2v) is 7.04. The Morgan fingerprint density at radius 3 is 1.70 bits per heavy atom. The predicted octanol–water partition coefficient (Wildman–Crippen LogP) is 4.83. The van der Waals surface area contributed by atoms with Crippen LogP contribution in [0.4, 0.5) is 0 Å². The molecule has 1 heterocycles. The van der Waals surface area contributed by atoms with Gasteiger partial charge < -0.3 is 4.74 Å². The first-order valence-corrected chi connectivity index (χ1v) is 10.1. The zero-order chi connectivity index (χ0) is 20.8. The average molecular weight is 396 g/mol. The van der Waals surface area contributed by atoms with Crippen molar-refractivity contribution in [2.45, 2.75) is 18.9 Å². The summed E-state index contributed by atoms with van der Waals surface area (Å²) in [6, 6.07) is 32.9. The maximum Gasteiger partial charge on any atom is 0.311 e. The third kappa shape index (κ3) is 3.64. The van der Waals surface area contributed by atoms with Gasteiger partial charge in [0.15, 0.2) is 0 Å². The lowest BCUT2D eigenvalue weighted by atomic mass is 9.77. The summed E-state index contributed by atoms with van der Waals surface area (Å²) in [5.41, 5.74) is 3.28. The molecule has 0 unspecified atom stereocenters. The quantitative estimate of drug-likeness (QED) is 0.332. The molecule has 0 N–H and O–H groups in total. The van der Waals surface area contributed by atoms with Crippen molar-refractivity contribution < 1.29 is 9.53 Å². The van der Waals surface area contributed by atoms with Gasteiger partial charge in [-0.25, -0.2) is 0 Å². The smallest absolute Gasteiger partial charge is 0.311 e. The molecule has 4 rings (SSSR count). The van der Waals surface area contributed by atoms with E-state index in [1.165, 1.54) is 0 Å². The van der Waals surface area contributed by atoms with Gasteiger partial charge in [0.2, 0.25) is 0 Å². The van der Waals surface area contributed by atoms with E-state index in [1.54, 1.807) is 0 Å². The SMILES string of the molecule is CCOC(=O)Cc1ccn(C(c2ccccc2)(c2ccccc2)c2ccccc2)n1. The molecule has 0 atom stereocenters. The highest BCUT2D eigenvalue weighted by Crippen LogP contribution is 2.40. The fourth-order valence-electron chi connectivity index (χ4n) is 3.94. The lowest BCUT2D eigenvalue weighted by Gasteiger charge is -2.36. The van der Waals surface area contributed by atoms with E-state index in [2.05, 4.69) is 36.4 Å². The van der Waals surface area contributed by atoms with Crippen LogP contribution in [0.25, 0.3) is 0 Å². The Kier molecular flexibility index (Phi) is 5.75. The van der Waals surface area contributed by atoms with Crippen LogP contribution in [0.15, 0.2) is 103 Å². The number of carbonyl (C=O) groups is 1. The normalized spacial score (nSPS) is 11.2. The van der Waals surface area contributed by atoms with Crippen molar-refractivity contribution in [3.63, 3.8) is 0 Å². The van der Waals surface area contributed by atoms with Crippen molar-refractivity contribution in [1.82, 2.24) is 9.78 Å². The minimum atomic E-state index is -0.670. The second-order valence-electron chi connectivity index (χ2n) is 7.04. The van der Waals surface area contributed by atoms with Crippen LogP contribution in [0.2, 0.25) is 0 Å². The van der Waals surface area contributed by atoms with Gasteiger partial charge in [-0.15, -0.1) is 0 Å². The molecular formula is C26H24N2O2. The number of ether oxygens (including phenoxy) is 1. The number of esters is 1. The van der Waals surface area contributed by atoms with Crippen LogP contribution in [0.5, 0.6) is 0 Å². The summed E-state index contributed by atoms with van der Waals surface area (Å²) in [4.78, 5) is 12.0. The summed E-state index contributed by atoms with van der Waals surface area (Å²) in [5.74, 6) is -0.271. The van der Waals surface area contributed by atoms with Gasteiger partial charge in [-0.1, -0.05) is 91.0 Å². The van der Waals surface area contributed by atoms with Gasteiger partial charge in [0, 0.05) is 6.20 Å². The molecule has 0 bridgehead atoms. The lowest BCUT2D eigenvalue weighted by molar-refractivity contribution is -0.142. The fourth-order valence-corrected chi connectivity index (χ4v) is 3.94. The summed E-state index contributed by atoms with van der Waals surface area (Å²) in [7, 11) is 0. The number of hydrogen-bond acceptors (Lipinski definition) is 3. The van der Waals surface area contributed by atoms with E-state index in [4.69, 9.17) is 9.84 Å². The van der Waals surface area contributed by atoms with Crippen molar-refractivity contribution in [1.29, 1.82) is 0 Å². The molecule has 0 saturated heterocycles. The van der Waals surface area contributed by atoms with Gasteiger partial charge in [0.05, 0.1) is 18.7 Å². The molecule has 4 aromatic rings. The molecule has 4 nitrogen and oxygen atoms in total.